The second-order valence-corrected chi connectivity index (χ2v) is 5.02. The Hall–Kier alpha value is -0.820. The molecule has 0 aromatic heterocycles. The Morgan fingerprint density at radius 3 is 2.25 bits per heavy atom. The molecule has 0 saturated heterocycles. The molecule has 0 rings (SSSR count). The predicted molar refractivity (Wildman–Crippen MR) is 72.4 cm³/mol. The van der Waals surface area contributed by atoms with Crippen LogP contribution in [0.1, 0.15) is 47.0 Å². The van der Waals surface area contributed by atoms with Crippen molar-refractivity contribution in [1.29, 1.82) is 0 Å². The molecule has 0 aliphatic heterocycles. The van der Waals surface area contributed by atoms with Crippen LogP contribution in [0.15, 0.2) is 37.0 Å². The molecule has 0 saturated carbocycles. The quantitative estimate of drug-likeness (QED) is 0.638. The zero-order valence-corrected chi connectivity index (χ0v) is 11.2. The molecule has 0 amide bonds. The van der Waals surface area contributed by atoms with Crippen LogP contribution in [0.5, 0.6) is 0 Å². The predicted octanol–water partition coefficient (Wildman–Crippen LogP) is 4.25. The van der Waals surface area contributed by atoms with Crippen molar-refractivity contribution in [3.63, 3.8) is 0 Å². The van der Waals surface area contributed by atoms with Gasteiger partial charge in [0, 0.05) is 5.41 Å². The van der Waals surface area contributed by atoms with E-state index in [1.807, 2.05) is 19.9 Å². The molecule has 0 heterocycles. The Bertz CT molecular complexity index is 273. The van der Waals surface area contributed by atoms with Gasteiger partial charge in [-0.25, -0.2) is 0 Å². The first-order chi connectivity index (χ1) is 7.33. The summed E-state index contributed by atoms with van der Waals surface area (Å²) >= 11 is 0. The molecule has 92 valence electrons. The van der Waals surface area contributed by atoms with Crippen molar-refractivity contribution in [2.24, 2.45) is 5.41 Å². The highest BCUT2D eigenvalue weighted by Gasteiger charge is 2.39. The van der Waals surface area contributed by atoms with Gasteiger partial charge in [-0.1, -0.05) is 30.7 Å². The molecule has 1 N–H and O–H groups in total. The number of rotatable bonds is 7. The normalized spacial score (nSPS) is 19.7. The van der Waals surface area contributed by atoms with E-state index in [1.54, 1.807) is 6.08 Å². The fraction of sp³-hybridized carbons (Fsp3) is 0.600. The molecule has 0 bridgehead atoms. The van der Waals surface area contributed by atoms with Crippen LogP contribution in [0.4, 0.5) is 0 Å². The fourth-order valence-corrected chi connectivity index (χ4v) is 1.71. The SMILES string of the molecule is C=CCC(C)(O)C(C)(C=C)CCC(C)=CC. The molecule has 1 heteroatoms. The van der Waals surface area contributed by atoms with Gasteiger partial charge in [0.25, 0.3) is 0 Å². The van der Waals surface area contributed by atoms with Gasteiger partial charge in [0.05, 0.1) is 5.60 Å². The second-order valence-electron chi connectivity index (χ2n) is 5.02. The summed E-state index contributed by atoms with van der Waals surface area (Å²) in [6.45, 7) is 15.7. The first kappa shape index (κ1) is 15.2. The average Bonchev–Trinajstić information content (AvgIpc) is 2.24. The van der Waals surface area contributed by atoms with Crippen LogP contribution < -0.4 is 0 Å². The zero-order chi connectivity index (χ0) is 12.8. The second kappa shape index (κ2) is 6.05. The molecule has 1 nitrogen and oxygen atoms in total. The van der Waals surface area contributed by atoms with Gasteiger partial charge in [0.15, 0.2) is 0 Å². The molecule has 0 spiro atoms. The van der Waals surface area contributed by atoms with Gasteiger partial charge >= 0.3 is 0 Å². The summed E-state index contributed by atoms with van der Waals surface area (Å²) in [4.78, 5) is 0. The lowest BCUT2D eigenvalue weighted by molar-refractivity contribution is -0.0356. The Morgan fingerprint density at radius 1 is 1.31 bits per heavy atom. The van der Waals surface area contributed by atoms with Crippen molar-refractivity contribution in [3.05, 3.63) is 37.0 Å². The van der Waals surface area contributed by atoms with Crippen LogP contribution in [0.3, 0.4) is 0 Å². The summed E-state index contributed by atoms with van der Waals surface area (Å²) in [6, 6.07) is 0. The van der Waals surface area contributed by atoms with E-state index in [0.29, 0.717) is 6.42 Å². The van der Waals surface area contributed by atoms with Gasteiger partial charge in [0.2, 0.25) is 0 Å². The van der Waals surface area contributed by atoms with Crippen molar-refractivity contribution in [1.82, 2.24) is 0 Å². The third kappa shape index (κ3) is 3.64. The Labute approximate surface area is 101 Å². The van der Waals surface area contributed by atoms with Crippen molar-refractivity contribution < 1.29 is 5.11 Å². The molecule has 2 unspecified atom stereocenters. The minimum absolute atomic E-state index is 0.272. The molecular weight excluding hydrogens is 196 g/mol. The third-order valence-electron chi connectivity index (χ3n) is 3.75. The highest BCUT2D eigenvalue weighted by Crippen LogP contribution is 2.40. The van der Waals surface area contributed by atoms with E-state index in [-0.39, 0.29) is 5.41 Å². The van der Waals surface area contributed by atoms with Gasteiger partial charge in [-0.15, -0.1) is 13.2 Å². The lowest BCUT2D eigenvalue weighted by Gasteiger charge is -2.40. The van der Waals surface area contributed by atoms with Crippen LogP contribution in [0.25, 0.3) is 0 Å². The molecule has 2 atom stereocenters. The molecular formula is C15H26O. The molecule has 16 heavy (non-hydrogen) atoms. The maximum absolute atomic E-state index is 10.5. The summed E-state index contributed by atoms with van der Waals surface area (Å²) in [6.07, 6.45) is 8.25. The maximum atomic E-state index is 10.5. The average molecular weight is 222 g/mol. The van der Waals surface area contributed by atoms with Crippen LogP contribution >= 0.6 is 0 Å². The van der Waals surface area contributed by atoms with Crippen molar-refractivity contribution >= 4 is 0 Å². The number of hydrogen-bond acceptors (Lipinski definition) is 1. The standard InChI is InChI=1S/C15H26O/c1-7-11-15(6,16)14(5,9-3)12-10-13(4)8-2/h7-9,16H,1,3,10-12H2,2,4-6H3. The number of aliphatic hydroxyl groups is 1. The van der Waals surface area contributed by atoms with E-state index < -0.39 is 5.60 Å². The highest BCUT2D eigenvalue weighted by atomic mass is 16.3. The zero-order valence-electron chi connectivity index (χ0n) is 11.2. The Morgan fingerprint density at radius 2 is 1.88 bits per heavy atom. The highest BCUT2D eigenvalue weighted by molar-refractivity contribution is 5.08. The van der Waals surface area contributed by atoms with E-state index in [2.05, 4.69) is 33.1 Å². The van der Waals surface area contributed by atoms with Gasteiger partial charge in [0.1, 0.15) is 0 Å². The smallest absolute Gasteiger partial charge is 0.0741 e. The number of hydrogen-bond donors (Lipinski definition) is 1. The lowest BCUT2D eigenvalue weighted by atomic mass is 9.69. The van der Waals surface area contributed by atoms with E-state index in [0.717, 1.165) is 12.8 Å². The van der Waals surface area contributed by atoms with Crippen LogP contribution in [-0.2, 0) is 0 Å². The molecule has 0 aliphatic carbocycles. The monoisotopic (exact) mass is 222 g/mol. The van der Waals surface area contributed by atoms with Gasteiger partial charge < -0.3 is 5.11 Å². The molecule has 0 aromatic carbocycles. The van der Waals surface area contributed by atoms with Crippen LogP contribution in [0, 0.1) is 5.41 Å². The van der Waals surface area contributed by atoms with E-state index in [4.69, 9.17) is 0 Å². The Balaban J connectivity index is 4.77. The fourth-order valence-electron chi connectivity index (χ4n) is 1.71. The van der Waals surface area contributed by atoms with Gasteiger partial charge in [-0.3, -0.25) is 0 Å². The number of allylic oxidation sites excluding steroid dienone is 2. The summed E-state index contributed by atoms with van der Waals surface area (Å²) in [5, 5.41) is 10.5. The molecule has 0 radical (unpaired) electrons. The minimum Gasteiger partial charge on any atom is -0.389 e. The largest absolute Gasteiger partial charge is 0.389 e. The third-order valence-corrected chi connectivity index (χ3v) is 3.75. The van der Waals surface area contributed by atoms with Crippen molar-refractivity contribution in [3.8, 4) is 0 Å². The first-order valence-electron chi connectivity index (χ1n) is 5.91. The van der Waals surface area contributed by atoms with Gasteiger partial charge in [-0.05, 0) is 40.0 Å². The Kier molecular flexibility index (Phi) is 5.74. The summed E-state index contributed by atoms with van der Waals surface area (Å²) in [5.74, 6) is 0. The van der Waals surface area contributed by atoms with Crippen molar-refractivity contribution in [2.45, 2.75) is 52.6 Å². The van der Waals surface area contributed by atoms with Gasteiger partial charge in [-0.2, -0.15) is 0 Å². The first-order valence-corrected chi connectivity index (χ1v) is 5.91. The topological polar surface area (TPSA) is 20.2 Å². The van der Waals surface area contributed by atoms with Crippen LogP contribution in [-0.4, -0.2) is 10.7 Å². The minimum atomic E-state index is -0.773. The van der Waals surface area contributed by atoms with E-state index in [9.17, 15) is 5.11 Å². The summed E-state index contributed by atoms with van der Waals surface area (Å²) in [5.41, 5.74) is 0.304. The summed E-state index contributed by atoms with van der Waals surface area (Å²) < 4.78 is 0. The van der Waals surface area contributed by atoms with Crippen molar-refractivity contribution in [2.75, 3.05) is 0 Å². The van der Waals surface area contributed by atoms with E-state index in [1.165, 1.54) is 5.57 Å². The molecule has 0 aliphatic rings. The molecule has 0 fully saturated rings. The maximum Gasteiger partial charge on any atom is 0.0741 e. The van der Waals surface area contributed by atoms with Crippen LogP contribution in [0.2, 0.25) is 0 Å². The van der Waals surface area contributed by atoms with E-state index >= 15 is 0 Å². The lowest BCUT2D eigenvalue weighted by Crippen LogP contribution is -2.42. The summed E-state index contributed by atoms with van der Waals surface area (Å²) in [7, 11) is 0. The molecule has 0 aromatic rings.